The van der Waals surface area contributed by atoms with Gasteiger partial charge in [0.2, 0.25) is 0 Å². The van der Waals surface area contributed by atoms with Crippen LogP contribution in [-0.4, -0.2) is 41.2 Å². The number of amides is 1. The Kier molecular flexibility index (Phi) is 4.49. The Morgan fingerprint density at radius 2 is 2.19 bits per heavy atom. The minimum absolute atomic E-state index is 0.0964. The molecular weight excluding hydrogens is 280 g/mol. The number of benzene rings is 1. The number of carboxylic acid groups (broad SMARTS) is 1. The maximum atomic E-state index is 12.0. The molecule has 8 nitrogen and oxygen atoms in total. The summed E-state index contributed by atoms with van der Waals surface area (Å²) in [7, 11) is 0. The number of hydrogen-bond donors (Lipinski definition) is 2. The van der Waals surface area contributed by atoms with Crippen molar-refractivity contribution in [1.82, 2.24) is 5.32 Å². The van der Waals surface area contributed by atoms with Crippen molar-refractivity contribution in [2.45, 2.75) is 18.9 Å². The number of nitrogens with zero attached hydrogens (tertiary/aromatic N) is 1. The predicted molar refractivity (Wildman–Crippen MR) is 71.4 cm³/mol. The first-order chi connectivity index (χ1) is 9.99. The zero-order valence-corrected chi connectivity index (χ0v) is 11.1. The first kappa shape index (κ1) is 14.9. The van der Waals surface area contributed by atoms with E-state index in [-0.39, 0.29) is 29.5 Å². The van der Waals surface area contributed by atoms with E-state index in [4.69, 9.17) is 9.84 Å². The van der Waals surface area contributed by atoms with Gasteiger partial charge in [0.15, 0.2) is 0 Å². The number of hydrogen-bond acceptors (Lipinski definition) is 5. The first-order valence-corrected chi connectivity index (χ1v) is 6.40. The van der Waals surface area contributed by atoms with Crippen molar-refractivity contribution < 1.29 is 24.4 Å². The molecule has 1 amide bonds. The number of nitro groups is 1. The predicted octanol–water partition coefficient (Wildman–Crippen LogP) is 1.20. The summed E-state index contributed by atoms with van der Waals surface area (Å²) in [6, 6.07) is 3.08. The largest absolute Gasteiger partial charge is 0.478 e. The number of nitro benzene ring substituents is 1. The van der Waals surface area contributed by atoms with Crippen molar-refractivity contribution in [3.05, 3.63) is 39.4 Å². The fraction of sp³-hybridized carbons (Fsp3) is 0.385. The third kappa shape index (κ3) is 3.54. The van der Waals surface area contributed by atoms with Gasteiger partial charge in [0.05, 0.1) is 22.2 Å². The maximum Gasteiger partial charge on any atom is 0.336 e. The average molecular weight is 294 g/mol. The molecule has 0 spiro atoms. The molecule has 1 atom stereocenters. The molecule has 2 rings (SSSR count). The smallest absolute Gasteiger partial charge is 0.336 e. The Balaban J connectivity index is 2.18. The Morgan fingerprint density at radius 3 is 2.76 bits per heavy atom. The number of carbonyl (C=O) groups excluding carboxylic acids is 1. The number of aromatic carboxylic acids is 1. The Labute approximate surface area is 119 Å². The minimum atomic E-state index is -1.31. The lowest BCUT2D eigenvalue weighted by Crippen LogP contribution is -2.32. The van der Waals surface area contributed by atoms with Gasteiger partial charge in [0.1, 0.15) is 0 Å². The number of carbonyl (C=O) groups is 2. The number of rotatable bonds is 5. The summed E-state index contributed by atoms with van der Waals surface area (Å²) >= 11 is 0. The van der Waals surface area contributed by atoms with E-state index in [1.807, 2.05) is 0 Å². The van der Waals surface area contributed by atoms with E-state index in [2.05, 4.69) is 5.32 Å². The van der Waals surface area contributed by atoms with Crippen LogP contribution in [0.3, 0.4) is 0 Å². The fourth-order valence-electron chi connectivity index (χ4n) is 2.13. The molecule has 0 bridgehead atoms. The summed E-state index contributed by atoms with van der Waals surface area (Å²) in [5, 5.41) is 22.3. The normalized spacial score (nSPS) is 17.4. The molecule has 112 valence electrons. The molecule has 21 heavy (non-hydrogen) atoms. The maximum absolute atomic E-state index is 12.0. The van der Waals surface area contributed by atoms with Crippen molar-refractivity contribution >= 4 is 17.6 Å². The molecule has 1 unspecified atom stereocenters. The number of ether oxygens (including phenoxy) is 1. The highest BCUT2D eigenvalue weighted by Gasteiger charge is 2.22. The molecule has 1 aromatic carbocycles. The molecule has 1 aromatic rings. The fourth-order valence-corrected chi connectivity index (χ4v) is 2.13. The average Bonchev–Trinajstić information content (AvgIpc) is 2.97. The van der Waals surface area contributed by atoms with E-state index in [0.717, 1.165) is 31.0 Å². The van der Waals surface area contributed by atoms with Gasteiger partial charge in [-0.1, -0.05) is 0 Å². The monoisotopic (exact) mass is 294 g/mol. The molecule has 0 aromatic heterocycles. The Bertz CT molecular complexity index is 580. The molecule has 8 heteroatoms. The molecule has 1 saturated heterocycles. The van der Waals surface area contributed by atoms with Crippen molar-refractivity contribution in [3.63, 3.8) is 0 Å². The second kappa shape index (κ2) is 6.31. The van der Waals surface area contributed by atoms with Crippen LogP contribution in [0.1, 0.15) is 33.6 Å². The highest BCUT2D eigenvalue weighted by atomic mass is 16.6. The number of carboxylic acids is 1. The quantitative estimate of drug-likeness (QED) is 0.622. The van der Waals surface area contributed by atoms with Crippen molar-refractivity contribution in [3.8, 4) is 0 Å². The molecule has 1 aliphatic rings. The van der Waals surface area contributed by atoms with Crippen molar-refractivity contribution in [2.75, 3.05) is 13.2 Å². The third-order valence-electron chi connectivity index (χ3n) is 3.20. The van der Waals surface area contributed by atoms with Gasteiger partial charge in [-0.3, -0.25) is 14.9 Å². The third-order valence-corrected chi connectivity index (χ3v) is 3.20. The van der Waals surface area contributed by atoms with Crippen LogP contribution >= 0.6 is 0 Å². The van der Waals surface area contributed by atoms with E-state index in [1.54, 1.807) is 0 Å². The molecule has 0 saturated carbocycles. The Morgan fingerprint density at radius 1 is 1.43 bits per heavy atom. The molecule has 1 fully saturated rings. The second-order valence-electron chi connectivity index (χ2n) is 4.64. The van der Waals surface area contributed by atoms with E-state index in [9.17, 15) is 19.7 Å². The summed E-state index contributed by atoms with van der Waals surface area (Å²) in [6.45, 7) is 0.887. The van der Waals surface area contributed by atoms with Gasteiger partial charge in [-0.15, -0.1) is 0 Å². The summed E-state index contributed by atoms with van der Waals surface area (Å²) in [5.41, 5.74) is -0.831. The van der Waals surface area contributed by atoms with Gasteiger partial charge in [-0.05, 0) is 18.9 Å². The summed E-state index contributed by atoms with van der Waals surface area (Å²) < 4.78 is 5.34. The van der Waals surface area contributed by atoms with Crippen LogP contribution in [0.5, 0.6) is 0 Å². The van der Waals surface area contributed by atoms with Gasteiger partial charge in [0.25, 0.3) is 11.6 Å². The van der Waals surface area contributed by atoms with Gasteiger partial charge in [0, 0.05) is 25.3 Å². The SMILES string of the molecule is O=C(O)c1ccc([N+](=O)[O-])cc1C(=O)NCC1CCCO1. The van der Waals surface area contributed by atoms with Crippen molar-refractivity contribution in [1.29, 1.82) is 0 Å². The van der Waals surface area contributed by atoms with Gasteiger partial charge in [-0.25, -0.2) is 4.79 Å². The lowest BCUT2D eigenvalue weighted by Gasteiger charge is -2.11. The number of non-ortho nitro benzene ring substituents is 1. The number of nitrogens with one attached hydrogen (secondary N) is 1. The Hall–Kier alpha value is -2.48. The summed E-state index contributed by atoms with van der Waals surface area (Å²) in [5.74, 6) is -1.97. The van der Waals surface area contributed by atoms with Gasteiger partial charge >= 0.3 is 5.97 Å². The van der Waals surface area contributed by atoms with Crippen LogP contribution in [0, 0.1) is 10.1 Å². The highest BCUT2D eigenvalue weighted by Crippen LogP contribution is 2.18. The van der Waals surface area contributed by atoms with Crippen LogP contribution < -0.4 is 5.32 Å². The zero-order valence-electron chi connectivity index (χ0n) is 11.1. The lowest BCUT2D eigenvalue weighted by atomic mass is 10.1. The zero-order chi connectivity index (χ0) is 15.4. The van der Waals surface area contributed by atoms with E-state index < -0.39 is 16.8 Å². The van der Waals surface area contributed by atoms with Gasteiger partial charge in [-0.2, -0.15) is 0 Å². The molecule has 0 aliphatic carbocycles. The lowest BCUT2D eigenvalue weighted by molar-refractivity contribution is -0.384. The van der Waals surface area contributed by atoms with E-state index in [0.29, 0.717) is 6.61 Å². The topological polar surface area (TPSA) is 119 Å². The highest BCUT2D eigenvalue weighted by molar-refractivity contribution is 6.05. The molecule has 0 radical (unpaired) electrons. The minimum Gasteiger partial charge on any atom is -0.478 e. The molecular formula is C13H14N2O6. The van der Waals surface area contributed by atoms with Crippen LogP contribution in [-0.2, 0) is 4.74 Å². The second-order valence-corrected chi connectivity index (χ2v) is 4.64. The van der Waals surface area contributed by atoms with E-state index >= 15 is 0 Å². The van der Waals surface area contributed by atoms with Crippen molar-refractivity contribution in [2.24, 2.45) is 0 Å². The van der Waals surface area contributed by atoms with Crippen LogP contribution in [0.2, 0.25) is 0 Å². The first-order valence-electron chi connectivity index (χ1n) is 6.40. The van der Waals surface area contributed by atoms with Gasteiger partial charge < -0.3 is 15.2 Å². The molecule has 1 heterocycles. The standard InChI is InChI=1S/C13H14N2O6/c16-12(14-7-9-2-1-5-21-9)11-6-8(15(19)20)3-4-10(11)13(17)18/h3-4,6,9H,1-2,5,7H2,(H,14,16)(H,17,18). The van der Waals surface area contributed by atoms with Crippen LogP contribution in [0.15, 0.2) is 18.2 Å². The molecule has 1 aliphatic heterocycles. The van der Waals surface area contributed by atoms with Crippen LogP contribution in [0.4, 0.5) is 5.69 Å². The molecule has 2 N–H and O–H groups in total. The summed E-state index contributed by atoms with van der Waals surface area (Å²) in [4.78, 5) is 33.2. The summed E-state index contributed by atoms with van der Waals surface area (Å²) in [6.07, 6.45) is 1.64. The van der Waals surface area contributed by atoms with Crippen LogP contribution in [0.25, 0.3) is 0 Å². The van der Waals surface area contributed by atoms with E-state index in [1.165, 1.54) is 0 Å².